The van der Waals surface area contributed by atoms with Crippen LogP contribution in [0.3, 0.4) is 0 Å². The lowest BCUT2D eigenvalue weighted by Gasteiger charge is -2.10. The van der Waals surface area contributed by atoms with Gasteiger partial charge in [0.2, 0.25) is 0 Å². The molecule has 1 atom stereocenters. The van der Waals surface area contributed by atoms with Gasteiger partial charge in [-0.2, -0.15) is 4.72 Å². The summed E-state index contributed by atoms with van der Waals surface area (Å²) in [6.07, 6.45) is 10.7. The second-order valence-corrected chi connectivity index (χ2v) is 6.10. The van der Waals surface area contributed by atoms with Gasteiger partial charge in [-0.25, -0.2) is 0 Å². The Morgan fingerprint density at radius 3 is 2.17 bits per heavy atom. The first-order valence-corrected chi connectivity index (χ1v) is 8.70. The lowest BCUT2D eigenvalue weighted by atomic mass is 10.1. The van der Waals surface area contributed by atoms with Gasteiger partial charge in [0.1, 0.15) is 5.75 Å². The van der Waals surface area contributed by atoms with E-state index in [0.29, 0.717) is 12.2 Å². The van der Waals surface area contributed by atoms with E-state index in [2.05, 4.69) is 18.6 Å². The number of carbonyl (C=O) groups excluding carboxylic acids is 1. The van der Waals surface area contributed by atoms with Crippen LogP contribution in [0.2, 0.25) is 0 Å². The molecule has 1 unspecified atom stereocenters. The molecule has 0 aliphatic heterocycles. The van der Waals surface area contributed by atoms with Crippen molar-refractivity contribution in [1.29, 1.82) is 0 Å². The maximum atomic E-state index is 11.5. The zero-order valence-electron chi connectivity index (χ0n) is 12.0. The van der Waals surface area contributed by atoms with Crippen LogP contribution in [0.4, 0.5) is 0 Å². The van der Waals surface area contributed by atoms with Crippen molar-refractivity contribution in [3.63, 3.8) is 0 Å². The lowest BCUT2D eigenvalue weighted by Crippen LogP contribution is -2.32. The summed E-state index contributed by atoms with van der Waals surface area (Å²) >= 11 is -1.16. The average Bonchev–Trinajstić information content (AvgIpc) is 2.34. The molecule has 0 aromatic carbocycles. The van der Waals surface area contributed by atoms with Crippen LogP contribution in [0.1, 0.15) is 78.1 Å². The second-order valence-electron chi connectivity index (χ2n) is 4.80. The SMILES string of the molecule is CCCCCCCCC(=O)N[S+]([O-])CCCCC. The van der Waals surface area contributed by atoms with Crippen LogP contribution in [0.15, 0.2) is 0 Å². The van der Waals surface area contributed by atoms with Crippen LogP contribution in [-0.2, 0) is 16.2 Å². The van der Waals surface area contributed by atoms with Gasteiger partial charge in [0.05, 0.1) is 11.4 Å². The number of rotatable bonds is 12. The van der Waals surface area contributed by atoms with E-state index in [-0.39, 0.29) is 5.91 Å². The third kappa shape index (κ3) is 12.2. The predicted molar refractivity (Wildman–Crippen MR) is 78.7 cm³/mol. The molecule has 108 valence electrons. The Labute approximate surface area is 115 Å². The van der Waals surface area contributed by atoms with E-state index in [1.807, 2.05) is 0 Å². The average molecular weight is 275 g/mol. The molecule has 0 rings (SSSR count). The number of nitrogens with one attached hydrogen (secondary N) is 1. The predicted octanol–water partition coefficient (Wildman–Crippen LogP) is 3.71. The first-order chi connectivity index (χ1) is 8.70. The largest absolute Gasteiger partial charge is 0.593 e. The molecule has 18 heavy (non-hydrogen) atoms. The first kappa shape index (κ1) is 17.8. The second kappa shape index (κ2) is 13.2. The molecular formula is C14H29NO2S. The zero-order chi connectivity index (χ0) is 13.6. The maximum Gasteiger partial charge on any atom is 0.261 e. The topological polar surface area (TPSA) is 52.2 Å². The van der Waals surface area contributed by atoms with Crippen LogP contribution >= 0.6 is 0 Å². The molecule has 0 saturated carbocycles. The molecule has 0 heterocycles. The van der Waals surface area contributed by atoms with Gasteiger partial charge in [-0.1, -0.05) is 52.4 Å². The van der Waals surface area contributed by atoms with Gasteiger partial charge in [0.25, 0.3) is 5.91 Å². The fourth-order valence-corrected chi connectivity index (χ4v) is 2.70. The van der Waals surface area contributed by atoms with Gasteiger partial charge in [-0.15, -0.1) is 0 Å². The van der Waals surface area contributed by atoms with Crippen molar-refractivity contribution in [3.05, 3.63) is 0 Å². The molecule has 0 radical (unpaired) electrons. The van der Waals surface area contributed by atoms with Crippen molar-refractivity contribution in [2.75, 3.05) is 5.75 Å². The van der Waals surface area contributed by atoms with E-state index in [4.69, 9.17) is 0 Å². The Balaban J connectivity index is 3.35. The van der Waals surface area contributed by atoms with E-state index in [9.17, 15) is 9.35 Å². The Hall–Kier alpha value is -0.220. The summed E-state index contributed by atoms with van der Waals surface area (Å²) in [6.45, 7) is 4.31. The van der Waals surface area contributed by atoms with Crippen LogP contribution in [0.25, 0.3) is 0 Å². The molecule has 0 spiro atoms. The molecule has 0 bridgehead atoms. The Kier molecular flexibility index (Phi) is 13.1. The summed E-state index contributed by atoms with van der Waals surface area (Å²) in [5.74, 6) is 0.538. The molecule has 0 aliphatic carbocycles. The highest BCUT2D eigenvalue weighted by Crippen LogP contribution is 2.07. The van der Waals surface area contributed by atoms with Crippen LogP contribution < -0.4 is 4.72 Å². The molecule has 0 fully saturated rings. The van der Waals surface area contributed by atoms with Crippen LogP contribution in [-0.4, -0.2) is 16.2 Å². The fraction of sp³-hybridized carbons (Fsp3) is 0.929. The molecular weight excluding hydrogens is 246 g/mol. The zero-order valence-corrected chi connectivity index (χ0v) is 12.8. The molecule has 1 amide bonds. The van der Waals surface area contributed by atoms with Gasteiger partial charge in [0.15, 0.2) is 0 Å². The summed E-state index contributed by atoms with van der Waals surface area (Å²) in [5.41, 5.74) is 0. The minimum absolute atomic E-state index is 0.0553. The molecule has 0 aromatic rings. The fourth-order valence-electron chi connectivity index (χ4n) is 1.78. The maximum absolute atomic E-state index is 11.5. The summed E-state index contributed by atoms with van der Waals surface area (Å²) in [7, 11) is 0. The number of unbranched alkanes of at least 4 members (excludes halogenated alkanes) is 7. The van der Waals surface area contributed by atoms with Crippen molar-refractivity contribution in [2.45, 2.75) is 78.1 Å². The van der Waals surface area contributed by atoms with E-state index in [1.54, 1.807) is 0 Å². The monoisotopic (exact) mass is 275 g/mol. The van der Waals surface area contributed by atoms with Crippen molar-refractivity contribution in [2.24, 2.45) is 0 Å². The van der Waals surface area contributed by atoms with E-state index < -0.39 is 11.4 Å². The van der Waals surface area contributed by atoms with E-state index >= 15 is 0 Å². The molecule has 0 saturated heterocycles. The van der Waals surface area contributed by atoms with Crippen LogP contribution in [0.5, 0.6) is 0 Å². The summed E-state index contributed by atoms with van der Waals surface area (Å²) in [5, 5.41) is 0. The minimum Gasteiger partial charge on any atom is -0.593 e. The van der Waals surface area contributed by atoms with Gasteiger partial charge in [-0.3, -0.25) is 4.79 Å². The molecule has 0 aliphatic rings. The minimum atomic E-state index is -1.16. The van der Waals surface area contributed by atoms with Crippen molar-refractivity contribution in [1.82, 2.24) is 4.72 Å². The van der Waals surface area contributed by atoms with E-state index in [0.717, 1.165) is 32.1 Å². The van der Waals surface area contributed by atoms with Crippen molar-refractivity contribution >= 4 is 17.3 Å². The van der Waals surface area contributed by atoms with Gasteiger partial charge in [0, 0.05) is 6.42 Å². The summed E-state index contributed by atoms with van der Waals surface area (Å²) < 4.78 is 14.1. The molecule has 0 aromatic heterocycles. The van der Waals surface area contributed by atoms with Crippen LogP contribution in [0, 0.1) is 0 Å². The number of hydrogen-bond donors (Lipinski definition) is 1. The summed E-state index contributed by atoms with van der Waals surface area (Å²) in [4.78, 5) is 11.5. The Bertz CT molecular complexity index is 200. The highest BCUT2D eigenvalue weighted by molar-refractivity contribution is 7.90. The highest BCUT2D eigenvalue weighted by atomic mass is 32.2. The standard InChI is InChI=1S/C14H29NO2S/c1-3-5-7-8-9-10-12-14(16)15-18(17)13-11-6-4-2/h3-13H2,1-2H3,(H,15,16). The number of amides is 1. The lowest BCUT2D eigenvalue weighted by molar-refractivity contribution is -0.119. The number of hydrogen-bond acceptors (Lipinski definition) is 2. The third-order valence-corrected chi connectivity index (χ3v) is 4.03. The first-order valence-electron chi connectivity index (χ1n) is 7.38. The van der Waals surface area contributed by atoms with Crippen molar-refractivity contribution in [3.8, 4) is 0 Å². The van der Waals surface area contributed by atoms with E-state index in [1.165, 1.54) is 25.7 Å². The van der Waals surface area contributed by atoms with Gasteiger partial charge >= 0.3 is 0 Å². The van der Waals surface area contributed by atoms with Crippen molar-refractivity contribution < 1.29 is 9.35 Å². The molecule has 1 N–H and O–H groups in total. The highest BCUT2D eigenvalue weighted by Gasteiger charge is 2.10. The quantitative estimate of drug-likeness (QED) is 0.436. The van der Waals surface area contributed by atoms with Gasteiger partial charge in [-0.05, 0) is 19.3 Å². The normalized spacial score (nSPS) is 12.4. The Morgan fingerprint density at radius 1 is 0.944 bits per heavy atom. The molecule has 4 heteroatoms. The Morgan fingerprint density at radius 2 is 1.50 bits per heavy atom. The smallest absolute Gasteiger partial charge is 0.261 e. The summed E-state index contributed by atoms with van der Waals surface area (Å²) in [6, 6.07) is 0. The number of carbonyl (C=O) groups is 1. The molecule has 3 nitrogen and oxygen atoms in total. The van der Waals surface area contributed by atoms with Gasteiger partial charge < -0.3 is 4.55 Å². The third-order valence-electron chi connectivity index (χ3n) is 2.92.